The van der Waals surface area contributed by atoms with Gasteiger partial charge >= 0.3 is 0 Å². The van der Waals surface area contributed by atoms with Crippen LogP contribution in [0.2, 0.25) is 0 Å². The maximum atomic E-state index is 13.1. The van der Waals surface area contributed by atoms with E-state index in [0.717, 1.165) is 25.3 Å². The molecule has 0 saturated carbocycles. The summed E-state index contributed by atoms with van der Waals surface area (Å²) >= 11 is 1.39. The van der Waals surface area contributed by atoms with Crippen LogP contribution >= 0.6 is 11.8 Å². The van der Waals surface area contributed by atoms with E-state index in [1.54, 1.807) is 17.0 Å². The molecular weight excluding hydrogens is 500 g/mol. The SMILES string of the molecule is C#CC(CC)(CC)NC(=O)C(N)[C@@H]1S[C@H](CNc2ccc(C(=O)NCCN3CCCC3)cc2)C(=O)N1CC. The van der Waals surface area contributed by atoms with E-state index in [9.17, 15) is 14.4 Å². The summed E-state index contributed by atoms with van der Waals surface area (Å²) in [5.74, 6) is 2.20. The van der Waals surface area contributed by atoms with Gasteiger partial charge in [0, 0.05) is 37.4 Å². The van der Waals surface area contributed by atoms with Crippen molar-refractivity contribution in [3.63, 3.8) is 0 Å². The Hall–Kier alpha value is -2.74. The average molecular weight is 543 g/mol. The molecule has 2 heterocycles. The lowest BCUT2D eigenvalue weighted by Gasteiger charge is -2.32. The molecule has 2 aliphatic heterocycles. The van der Waals surface area contributed by atoms with E-state index in [-0.39, 0.29) is 23.0 Å². The van der Waals surface area contributed by atoms with Crippen LogP contribution in [0.1, 0.15) is 56.8 Å². The predicted molar refractivity (Wildman–Crippen MR) is 154 cm³/mol. The van der Waals surface area contributed by atoms with Crippen LogP contribution in [0.15, 0.2) is 24.3 Å². The van der Waals surface area contributed by atoms with Crippen LogP contribution in [0.4, 0.5) is 5.69 Å². The molecule has 9 nitrogen and oxygen atoms in total. The summed E-state index contributed by atoms with van der Waals surface area (Å²) in [5, 5.41) is 8.33. The minimum absolute atomic E-state index is 0.0542. The van der Waals surface area contributed by atoms with Crippen molar-refractivity contribution in [3.05, 3.63) is 29.8 Å². The quantitative estimate of drug-likeness (QED) is 0.281. The summed E-state index contributed by atoms with van der Waals surface area (Å²) in [5.41, 5.74) is 7.02. The molecule has 0 aliphatic carbocycles. The molecule has 5 N–H and O–H groups in total. The number of nitrogens with one attached hydrogen (secondary N) is 3. The monoisotopic (exact) mass is 542 g/mol. The number of likely N-dealkylation sites (N-methyl/N-ethyl adjacent to an activating group) is 1. The number of terminal acetylenes is 1. The second-order valence-corrected chi connectivity index (χ2v) is 11.2. The van der Waals surface area contributed by atoms with E-state index in [2.05, 4.69) is 26.8 Å². The first kappa shape index (κ1) is 29.8. The van der Waals surface area contributed by atoms with Crippen LogP contribution < -0.4 is 21.7 Å². The van der Waals surface area contributed by atoms with Gasteiger partial charge in [-0.1, -0.05) is 19.8 Å². The smallest absolute Gasteiger partial charge is 0.251 e. The second kappa shape index (κ2) is 13.9. The van der Waals surface area contributed by atoms with E-state index in [1.165, 1.54) is 24.6 Å². The minimum Gasteiger partial charge on any atom is -0.383 e. The number of nitrogens with zero attached hydrogens (tertiary/aromatic N) is 2. The van der Waals surface area contributed by atoms with Crippen molar-refractivity contribution in [1.29, 1.82) is 0 Å². The zero-order chi connectivity index (χ0) is 27.7. The first-order chi connectivity index (χ1) is 18.3. The molecule has 208 valence electrons. The van der Waals surface area contributed by atoms with Gasteiger partial charge in [-0.25, -0.2) is 0 Å². The molecule has 0 spiro atoms. The van der Waals surface area contributed by atoms with E-state index < -0.39 is 17.0 Å². The maximum Gasteiger partial charge on any atom is 0.251 e. The molecule has 10 heteroatoms. The van der Waals surface area contributed by atoms with Gasteiger partial charge in [0.2, 0.25) is 11.8 Å². The first-order valence-electron chi connectivity index (χ1n) is 13.6. The maximum absolute atomic E-state index is 13.1. The van der Waals surface area contributed by atoms with Crippen LogP contribution in [-0.2, 0) is 9.59 Å². The highest BCUT2D eigenvalue weighted by Crippen LogP contribution is 2.33. The van der Waals surface area contributed by atoms with Gasteiger partial charge in [-0.15, -0.1) is 18.2 Å². The molecular formula is C28H42N6O3S. The Morgan fingerprint density at radius 1 is 1.18 bits per heavy atom. The molecule has 3 rings (SSSR count). The highest BCUT2D eigenvalue weighted by molar-refractivity contribution is 8.01. The van der Waals surface area contributed by atoms with Gasteiger partial charge in [-0.05, 0) is 70.0 Å². The standard InChI is InChI=1S/C28H42N6O3S/c1-5-28(6-2,7-3)32-25(36)23(29)27-34(8-4)26(37)22(38-27)19-31-21-13-11-20(12-14-21)24(35)30-15-18-33-16-9-10-17-33/h1,11-14,22-23,27,31H,6-10,15-19,29H2,2-4H3,(H,30,35)(H,32,36)/t22-,23?,27+/m1/s1. The Labute approximate surface area is 231 Å². The normalized spacial score (nSPS) is 20.7. The zero-order valence-corrected chi connectivity index (χ0v) is 23.6. The molecule has 38 heavy (non-hydrogen) atoms. The van der Waals surface area contributed by atoms with Crippen molar-refractivity contribution in [2.24, 2.45) is 5.73 Å². The fourth-order valence-corrected chi connectivity index (χ4v) is 6.32. The summed E-state index contributed by atoms with van der Waals surface area (Å²) in [4.78, 5) is 42.5. The molecule has 0 radical (unpaired) electrons. The Morgan fingerprint density at radius 3 is 2.42 bits per heavy atom. The van der Waals surface area contributed by atoms with Crippen molar-refractivity contribution < 1.29 is 14.4 Å². The number of anilines is 1. The largest absolute Gasteiger partial charge is 0.383 e. The summed E-state index contributed by atoms with van der Waals surface area (Å²) < 4.78 is 0. The van der Waals surface area contributed by atoms with Crippen LogP contribution in [0.5, 0.6) is 0 Å². The van der Waals surface area contributed by atoms with Crippen molar-refractivity contribution >= 4 is 35.2 Å². The molecule has 3 amide bonds. The summed E-state index contributed by atoms with van der Waals surface area (Å²) in [6.07, 6.45) is 9.34. The number of benzene rings is 1. The Balaban J connectivity index is 1.52. The van der Waals surface area contributed by atoms with Gasteiger partial charge in [0.1, 0.15) is 22.2 Å². The fourth-order valence-electron chi connectivity index (χ4n) is 4.86. The third kappa shape index (κ3) is 7.22. The van der Waals surface area contributed by atoms with Gasteiger partial charge < -0.3 is 31.5 Å². The first-order valence-corrected chi connectivity index (χ1v) is 14.6. The van der Waals surface area contributed by atoms with Gasteiger partial charge in [-0.3, -0.25) is 14.4 Å². The number of rotatable bonds is 13. The molecule has 0 aromatic heterocycles. The van der Waals surface area contributed by atoms with Crippen molar-refractivity contribution in [2.75, 3.05) is 44.6 Å². The van der Waals surface area contributed by atoms with Crippen LogP contribution in [-0.4, -0.2) is 89.0 Å². The molecule has 1 unspecified atom stereocenters. The predicted octanol–water partition coefficient (Wildman–Crippen LogP) is 1.85. The third-order valence-electron chi connectivity index (χ3n) is 7.52. The molecule has 2 fully saturated rings. The number of likely N-dealkylation sites (tertiary alicyclic amines) is 1. The number of amides is 3. The van der Waals surface area contributed by atoms with E-state index >= 15 is 0 Å². The number of carbonyl (C=O) groups is 3. The molecule has 1 aromatic rings. The van der Waals surface area contributed by atoms with Gasteiger partial charge in [0.15, 0.2) is 0 Å². The number of carbonyl (C=O) groups excluding carboxylic acids is 3. The summed E-state index contributed by atoms with van der Waals surface area (Å²) in [6, 6.07) is 6.32. The minimum atomic E-state index is -0.900. The Bertz CT molecular complexity index is 1000. The topological polar surface area (TPSA) is 120 Å². The number of hydrogen-bond donors (Lipinski definition) is 4. The van der Waals surface area contributed by atoms with Crippen LogP contribution in [0.3, 0.4) is 0 Å². The molecule has 2 saturated heterocycles. The van der Waals surface area contributed by atoms with Crippen molar-refractivity contribution in [1.82, 2.24) is 20.4 Å². The third-order valence-corrected chi connectivity index (χ3v) is 9.04. The number of hydrogen-bond acceptors (Lipinski definition) is 7. The Kier molecular flexibility index (Phi) is 10.9. The second-order valence-electron chi connectivity index (χ2n) is 9.85. The summed E-state index contributed by atoms with van der Waals surface area (Å²) in [6.45, 7) is 10.3. The highest BCUT2D eigenvalue weighted by Gasteiger charge is 2.45. The van der Waals surface area contributed by atoms with E-state index in [1.807, 2.05) is 32.9 Å². The van der Waals surface area contributed by atoms with Crippen LogP contribution in [0, 0.1) is 12.3 Å². The van der Waals surface area contributed by atoms with Crippen molar-refractivity contribution in [2.45, 2.75) is 68.7 Å². The van der Waals surface area contributed by atoms with E-state index in [0.29, 0.717) is 38.0 Å². The zero-order valence-electron chi connectivity index (χ0n) is 22.8. The molecule has 2 aliphatic rings. The molecule has 0 bridgehead atoms. The number of nitrogens with two attached hydrogens (primary N) is 1. The lowest BCUT2D eigenvalue weighted by atomic mass is 9.93. The van der Waals surface area contributed by atoms with E-state index in [4.69, 9.17) is 12.2 Å². The molecule has 3 atom stereocenters. The summed E-state index contributed by atoms with van der Waals surface area (Å²) in [7, 11) is 0. The van der Waals surface area contributed by atoms with Gasteiger partial charge in [0.05, 0.1) is 0 Å². The van der Waals surface area contributed by atoms with Crippen molar-refractivity contribution in [3.8, 4) is 12.3 Å². The highest BCUT2D eigenvalue weighted by atomic mass is 32.2. The average Bonchev–Trinajstić information content (AvgIpc) is 3.57. The lowest BCUT2D eigenvalue weighted by molar-refractivity contribution is -0.131. The molecule has 1 aromatic carbocycles. The van der Waals surface area contributed by atoms with Gasteiger partial charge in [0.25, 0.3) is 5.91 Å². The van der Waals surface area contributed by atoms with Crippen LogP contribution in [0.25, 0.3) is 0 Å². The lowest BCUT2D eigenvalue weighted by Crippen LogP contribution is -2.57. The fraction of sp³-hybridized carbons (Fsp3) is 0.607. The van der Waals surface area contributed by atoms with Gasteiger partial charge in [-0.2, -0.15) is 0 Å². The Morgan fingerprint density at radius 2 is 1.84 bits per heavy atom. The number of thioether (sulfide) groups is 1.